The summed E-state index contributed by atoms with van der Waals surface area (Å²) in [5.74, 6) is 0.517. The van der Waals surface area contributed by atoms with Crippen molar-refractivity contribution in [3.05, 3.63) is 59.2 Å². The number of carbonyl (C=O) groups is 2. The topological polar surface area (TPSA) is 58.6 Å². The molecule has 4 rings (SSSR count). The lowest BCUT2D eigenvalue weighted by Crippen LogP contribution is -2.34. The van der Waals surface area contributed by atoms with Crippen molar-refractivity contribution in [3.8, 4) is 5.75 Å². The molecule has 1 atom stereocenters. The number of fused-ring (bicyclic) bond motifs is 1. The summed E-state index contributed by atoms with van der Waals surface area (Å²) < 4.78 is 5.35. The minimum atomic E-state index is -0.293. The molecule has 0 bridgehead atoms. The van der Waals surface area contributed by atoms with Crippen molar-refractivity contribution in [2.24, 2.45) is 5.92 Å². The van der Waals surface area contributed by atoms with Crippen LogP contribution in [0.25, 0.3) is 0 Å². The van der Waals surface area contributed by atoms with E-state index in [1.807, 2.05) is 30.3 Å². The average Bonchev–Trinajstić information content (AvgIpc) is 3.34. The number of anilines is 1. The van der Waals surface area contributed by atoms with Crippen LogP contribution in [-0.2, 0) is 28.9 Å². The Bertz CT molecular complexity index is 893. The van der Waals surface area contributed by atoms with Crippen molar-refractivity contribution in [2.45, 2.75) is 32.1 Å². The second kappa shape index (κ2) is 8.05. The van der Waals surface area contributed by atoms with E-state index in [1.54, 1.807) is 12.0 Å². The normalized spacial score (nSPS) is 18.2. The molecule has 2 aliphatic rings. The van der Waals surface area contributed by atoms with E-state index in [2.05, 4.69) is 17.4 Å². The van der Waals surface area contributed by atoms with E-state index in [4.69, 9.17) is 4.74 Å². The van der Waals surface area contributed by atoms with Crippen molar-refractivity contribution in [2.75, 3.05) is 25.1 Å². The first kappa shape index (κ1) is 18.5. The lowest BCUT2D eigenvalue weighted by atomic mass is 10.1. The van der Waals surface area contributed by atoms with Gasteiger partial charge in [0.25, 0.3) is 0 Å². The Balaban J connectivity index is 1.34. The van der Waals surface area contributed by atoms with E-state index in [1.165, 1.54) is 17.5 Å². The van der Waals surface area contributed by atoms with Gasteiger partial charge in [-0.1, -0.05) is 24.3 Å². The van der Waals surface area contributed by atoms with Crippen molar-refractivity contribution in [1.82, 2.24) is 5.32 Å². The molecule has 1 N–H and O–H groups in total. The first-order valence-corrected chi connectivity index (χ1v) is 9.97. The molecule has 2 aromatic carbocycles. The molecule has 2 aromatic rings. The summed E-state index contributed by atoms with van der Waals surface area (Å²) in [6, 6.07) is 14.1. The van der Waals surface area contributed by atoms with Crippen LogP contribution in [0.3, 0.4) is 0 Å². The monoisotopic (exact) mass is 378 g/mol. The molecule has 0 unspecified atom stereocenters. The third-order valence-electron chi connectivity index (χ3n) is 5.78. The summed E-state index contributed by atoms with van der Waals surface area (Å²) >= 11 is 0. The summed E-state index contributed by atoms with van der Waals surface area (Å²) in [5.41, 5.74) is 4.72. The predicted octanol–water partition coefficient (Wildman–Crippen LogP) is 2.90. The number of rotatable bonds is 6. The van der Waals surface area contributed by atoms with Crippen LogP contribution in [0.15, 0.2) is 42.5 Å². The molecule has 1 fully saturated rings. The zero-order valence-corrected chi connectivity index (χ0v) is 16.2. The highest BCUT2D eigenvalue weighted by Gasteiger charge is 2.35. The van der Waals surface area contributed by atoms with E-state index in [-0.39, 0.29) is 24.2 Å². The van der Waals surface area contributed by atoms with E-state index in [9.17, 15) is 9.59 Å². The molecule has 1 aliphatic heterocycles. The van der Waals surface area contributed by atoms with E-state index >= 15 is 0 Å². The van der Waals surface area contributed by atoms with Crippen molar-refractivity contribution in [1.29, 1.82) is 0 Å². The number of aryl methyl sites for hydroxylation is 2. The van der Waals surface area contributed by atoms with Crippen LogP contribution in [0, 0.1) is 5.92 Å². The molecule has 1 aliphatic carbocycles. The zero-order chi connectivity index (χ0) is 19.5. The van der Waals surface area contributed by atoms with Crippen LogP contribution < -0.4 is 15.0 Å². The molecule has 146 valence electrons. The fourth-order valence-electron chi connectivity index (χ4n) is 4.23. The van der Waals surface area contributed by atoms with Gasteiger partial charge in [0.15, 0.2) is 0 Å². The number of hydrogen-bond donors (Lipinski definition) is 1. The van der Waals surface area contributed by atoms with Crippen LogP contribution in [0.1, 0.15) is 29.5 Å². The molecule has 0 radical (unpaired) electrons. The van der Waals surface area contributed by atoms with Gasteiger partial charge < -0.3 is 15.0 Å². The quantitative estimate of drug-likeness (QED) is 0.841. The first-order chi connectivity index (χ1) is 13.7. The minimum Gasteiger partial charge on any atom is -0.496 e. The number of benzene rings is 2. The molecule has 2 amide bonds. The lowest BCUT2D eigenvalue weighted by molar-refractivity contribution is -0.126. The van der Waals surface area contributed by atoms with Gasteiger partial charge >= 0.3 is 0 Å². The maximum Gasteiger partial charge on any atom is 0.227 e. The van der Waals surface area contributed by atoms with Crippen LogP contribution in [0.2, 0.25) is 0 Å². The number of nitrogens with one attached hydrogen (secondary N) is 1. The molecule has 1 heterocycles. The van der Waals surface area contributed by atoms with Gasteiger partial charge in [-0.15, -0.1) is 0 Å². The second-order valence-corrected chi connectivity index (χ2v) is 7.56. The number of amides is 2. The van der Waals surface area contributed by atoms with Gasteiger partial charge in [-0.25, -0.2) is 0 Å². The van der Waals surface area contributed by atoms with Gasteiger partial charge in [-0.2, -0.15) is 0 Å². The number of carbonyl (C=O) groups excluding carboxylic acids is 2. The number of hydrogen-bond acceptors (Lipinski definition) is 3. The van der Waals surface area contributed by atoms with Gasteiger partial charge in [0, 0.05) is 25.2 Å². The molecule has 1 saturated heterocycles. The second-order valence-electron chi connectivity index (χ2n) is 7.56. The van der Waals surface area contributed by atoms with Crippen LogP contribution in [0.5, 0.6) is 5.75 Å². The van der Waals surface area contributed by atoms with E-state index in [0.29, 0.717) is 19.5 Å². The Kier molecular flexibility index (Phi) is 5.33. The number of para-hydroxylation sites is 1. The third kappa shape index (κ3) is 3.75. The molecule has 28 heavy (non-hydrogen) atoms. The van der Waals surface area contributed by atoms with Crippen LogP contribution >= 0.6 is 0 Å². The molecule has 5 heteroatoms. The Morgan fingerprint density at radius 1 is 1.18 bits per heavy atom. The lowest BCUT2D eigenvalue weighted by Gasteiger charge is -2.18. The Morgan fingerprint density at radius 3 is 2.86 bits per heavy atom. The van der Waals surface area contributed by atoms with Crippen molar-refractivity contribution < 1.29 is 14.3 Å². The zero-order valence-electron chi connectivity index (χ0n) is 16.2. The fraction of sp³-hybridized carbons (Fsp3) is 0.391. The third-order valence-corrected chi connectivity index (χ3v) is 5.78. The summed E-state index contributed by atoms with van der Waals surface area (Å²) in [7, 11) is 1.65. The van der Waals surface area contributed by atoms with E-state index < -0.39 is 0 Å². The predicted molar refractivity (Wildman–Crippen MR) is 109 cm³/mol. The summed E-state index contributed by atoms with van der Waals surface area (Å²) in [4.78, 5) is 26.8. The number of ether oxygens (including phenoxy) is 1. The highest BCUT2D eigenvalue weighted by molar-refractivity contribution is 6.00. The average molecular weight is 378 g/mol. The molecular weight excluding hydrogens is 352 g/mol. The molecular formula is C23H26N2O3. The van der Waals surface area contributed by atoms with E-state index in [0.717, 1.165) is 29.8 Å². The Labute approximate surface area is 165 Å². The summed E-state index contributed by atoms with van der Waals surface area (Å²) in [6.45, 7) is 0.987. The minimum absolute atomic E-state index is 0.0304. The van der Waals surface area contributed by atoms with Gasteiger partial charge in [-0.05, 0) is 60.6 Å². The standard InChI is InChI=1S/C23H26N2O3/c1-28-21-8-3-2-5-17(21)11-12-24-23(27)19-14-22(26)25(15-19)20-10-9-16-6-4-7-18(16)13-20/h2-3,5,8-10,13,19H,4,6-7,11-12,14-15H2,1H3,(H,24,27)/t19-/m0/s1. The van der Waals surface area contributed by atoms with Gasteiger partial charge in [0.2, 0.25) is 11.8 Å². The summed E-state index contributed by atoms with van der Waals surface area (Å²) in [5, 5.41) is 2.99. The van der Waals surface area contributed by atoms with Crippen LogP contribution in [-0.4, -0.2) is 32.0 Å². The van der Waals surface area contributed by atoms with Gasteiger partial charge in [-0.3, -0.25) is 9.59 Å². The Morgan fingerprint density at radius 2 is 2.00 bits per heavy atom. The molecule has 0 saturated carbocycles. The molecule has 5 nitrogen and oxygen atoms in total. The first-order valence-electron chi connectivity index (χ1n) is 9.97. The highest BCUT2D eigenvalue weighted by Crippen LogP contribution is 2.30. The van der Waals surface area contributed by atoms with Gasteiger partial charge in [0.1, 0.15) is 5.75 Å². The number of nitrogens with zero attached hydrogens (tertiary/aromatic N) is 1. The molecule has 0 aromatic heterocycles. The van der Waals surface area contributed by atoms with Crippen molar-refractivity contribution >= 4 is 17.5 Å². The van der Waals surface area contributed by atoms with Crippen molar-refractivity contribution in [3.63, 3.8) is 0 Å². The SMILES string of the molecule is COc1ccccc1CCNC(=O)[C@H]1CC(=O)N(c2ccc3c(c2)CCC3)C1. The van der Waals surface area contributed by atoms with Crippen LogP contribution in [0.4, 0.5) is 5.69 Å². The fourth-order valence-corrected chi connectivity index (χ4v) is 4.23. The highest BCUT2D eigenvalue weighted by atomic mass is 16.5. The Hall–Kier alpha value is -2.82. The summed E-state index contributed by atoms with van der Waals surface area (Å²) in [6.07, 6.45) is 4.37. The largest absolute Gasteiger partial charge is 0.496 e. The number of methoxy groups -OCH3 is 1. The smallest absolute Gasteiger partial charge is 0.227 e. The van der Waals surface area contributed by atoms with Gasteiger partial charge in [0.05, 0.1) is 13.0 Å². The maximum absolute atomic E-state index is 12.6. The molecule has 0 spiro atoms. The maximum atomic E-state index is 12.6.